The van der Waals surface area contributed by atoms with Crippen LogP contribution in [0.4, 0.5) is 0 Å². The molecular formula is C12H22O5. The van der Waals surface area contributed by atoms with Gasteiger partial charge in [-0.3, -0.25) is 9.59 Å². The Balaban J connectivity index is 3.81. The molecule has 1 atom stereocenters. The highest BCUT2D eigenvalue weighted by atomic mass is 16.5. The van der Waals surface area contributed by atoms with Gasteiger partial charge in [-0.15, -0.1) is 0 Å². The number of unbranched alkanes of at least 4 members (excludes halogenated alkanes) is 2. The van der Waals surface area contributed by atoms with Gasteiger partial charge in [-0.05, 0) is 13.3 Å². The molecule has 0 aliphatic heterocycles. The average molecular weight is 246 g/mol. The van der Waals surface area contributed by atoms with Gasteiger partial charge in [-0.1, -0.05) is 19.8 Å². The second kappa shape index (κ2) is 10.1. The van der Waals surface area contributed by atoms with Crippen LogP contribution in [0.15, 0.2) is 0 Å². The molecular weight excluding hydrogens is 224 g/mol. The Kier molecular flexibility index (Phi) is 9.43. The highest BCUT2D eigenvalue weighted by Crippen LogP contribution is 2.04. The zero-order chi connectivity index (χ0) is 13.1. The Labute approximate surface area is 102 Å². The molecule has 100 valence electrons. The highest BCUT2D eigenvalue weighted by Gasteiger charge is 2.20. The molecule has 0 aliphatic rings. The van der Waals surface area contributed by atoms with Crippen molar-refractivity contribution in [3.8, 4) is 0 Å². The summed E-state index contributed by atoms with van der Waals surface area (Å²) in [5, 5.41) is 8.96. The number of hydrogen-bond donors (Lipinski definition) is 1. The summed E-state index contributed by atoms with van der Waals surface area (Å²) in [6, 6.07) is 0. The van der Waals surface area contributed by atoms with E-state index in [4.69, 9.17) is 14.6 Å². The normalized spacial score (nSPS) is 11.9. The summed E-state index contributed by atoms with van der Waals surface area (Å²) in [5.41, 5.74) is 0. The van der Waals surface area contributed by atoms with Gasteiger partial charge < -0.3 is 14.6 Å². The first-order valence-electron chi connectivity index (χ1n) is 6.08. The van der Waals surface area contributed by atoms with Crippen LogP contribution in [0, 0.1) is 5.92 Å². The molecule has 0 saturated carbocycles. The molecule has 17 heavy (non-hydrogen) atoms. The largest absolute Gasteiger partial charge is 0.466 e. The first kappa shape index (κ1) is 15.9. The Morgan fingerprint density at radius 3 is 2.41 bits per heavy atom. The van der Waals surface area contributed by atoms with Gasteiger partial charge >= 0.3 is 11.9 Å². The molecule has 0 amide bonds. The predicted molar refractivity (Wildman–Crippen MR) is 62.3 cm³/mol. The predicted octanol–water partition coefficient (Wildman–Crippen LogP) is 1.28. The van der Waals surface area contributed by atoms with Gasteiger partial charge in [0.25, 0.3) is 0 Å². The molecule has 0 aromatic heterocycles. The number of rotatable bonds is 9. The quantitative estimate of drug-likeness (QED) is 0.490. The van der Waals surface area contributed by atoms with Crippen LogP contribution in [0.3, 0.4) is 0 Å². The van der Waals surface area contributed by atoms with E-state index in [1.54, 1.807) is 6.92 Å². The summed E-state index contributed by atoms with van der Waals surface area (Å²) in [4.78, 5) is 22.5. The lowest BCUT2D eigenvalue weighted by Gasteiger charge is -2.13. The Bertz CT molecular complexity index is 227. The van der Waals surface area contributed by atoms with Gasteiger partial charge in [0.1, 0.15) is 12.5 Å². The van der Waals surface area contributed by atoms with Crippen molar-refractivity contribution in [3.63, 3.8) is 0 Å². The third-order valence-corrected chi connectivity index (χ3v) is 2.27. The SMILES string of the molecule is CCCCCC(=O)OC[C@@H](CO)C(=O)OCC. The summed E-state index contributed by atoms with van der Waals surface area (Å²) in [6.45, 7) is 3.50. The number of carbonyl (C=O) groups is 2. The number of aliphatic hydroxyl groups excluding tert-OH is 1. The highest BCUT2D eigenvalue weighted by molar-refractivity contribution is 5.74. The molecule has 0 saturated heterocycles. The smallest absolute Gasteiger partial charge is 0.314 e. The van der Waals surface area contributed by atoms with Crippen LogP contribution in [-0.2, 0) is 19.1 Å². The first-order chi connectivity index (χ1) is 8.15. The minimum absolute atomic E-state index is 0.111. The van der Waals surface area contributed by atoms with Gasteiger partial charge in [0.05, 0.1) is 13.2 Å². The molecule has 0 radical (unpaired) electrons. The van der Waals surface area contributed by atoms with Crippen molar-refractivity contribution in [2.24, 2.45) is 5.92 Å². The third kappa shape index (κ3) is 7.74. The van der Waals surface area contributed by atoms with Crippen molar-refractivity contribution >= 4 is 11.9 Å². The van der Waals surface area contributed by atoms with E-state index in [0.717, 1.165) is 19.3 Å². The van der Waals surface area contributed by atoms with Gasteiger partial charge in [-0.25, -0.2) is 0 Å². The van der Waals surface area contributed by atoms with E-state index in [0.29, 0.717) is 6.42 Å². The van der Waals surface area contributed by atoms with Crippen molar-refractivity contribution in [2.75, 3.05) is 19.8 Å². The monoisotopic (exact) mass is 246 g/mol. The van der Waals surface area contributed by atoms with E-state index >= 15 is 0 Å². The zero-order valence-electron chi connectivity index (χ0n) is 10.6. The minimum Gasteiger partial charge on any atom is -0.466 e. The maximum absolute atomic E-state index is 11.3. The van der Waals surface area contributed by atoms with Crippen LogP contribution in [0.5, 0.6) is 0 Å². The molecule has 0 bridgehead atoms. The molecule has 5 heteroatoms. The van der Waals surface area contributed by atoms with Crippen LogP contribution in [0.1, 0.15) is 39.5 Å². The molecule has 0 aromatic carbocycles. The maximum Gasteiger partial charge on any atom is 0.314 e. The topological polar surface area (TPSA) is 72.8 Å². The number of ether oxygens (including phenoxy) is 2. The van der Waals surface area contributed by atoms with Crippen LogP contribution in [0.2, 0.25) is 0 Å². The van der Waals surface area contributed by atoms with Gasteiger partial charge in [0, 0.05) is 6.42 Å². The van der Waals surface area contributed by atoms with Gasteiger partial charge in [0.2, 0.25) is 0 Å². The summed E-state index contributed by atoms with van der Waals surface area (Å²) in [6.07, 6.45) is 3.17. The minimum atomic E-state index is -0.773. The van der Waals surface area contributed by atoms with E-state index in [9.17, 15) is 9.59 Å². The molecule has 1 N–H and O–H groups in total. The number of carbonyl (C=O) groups excluding carboxylic acids is 2. The van der Waals surface area contributed by atoms with Crippen LogP contribution in [-0.4, -0.2) is 36.9 Å². The second-order valence-electron chi connectivity index (χ2n) is 3.77. The lowest BCUT2D eigenvalue weighted by atomic mass is 10.2. The van der Waals surface area contributed by atoms with Crippen LogP contribution >= 0.6 is 0 Å². The van der Waals surface area contributed by atoms with E-state index in [2.05, 4.69) is 0 Å². The molecule has 0 aromatic rings. The summed E-state index contributed by atoms with van der Waals surface area (Å²) in [5.74, 6) is -1.64. The van der Waals surface area contributed by atoms with Crippen molar-refractivity contribution in [3.05, 3.63) is 0 Å². The van der Waals surface area contributed by atoms with Crippen LogP contribution in [0.25, 0.3) is 0 Å². The Morgan fingerprint density at radius 2 is 1.88 bits per heavy atom. The Hall–Kier alpha value is -1.10. The number of hydrogen-bond acceptors (Lipinski definition) is 5. The molecule has 0 aliphatic carbocycles. The fourth-order valence-electron chi connectivity index (χ4n) is 1.24. The summed E-state index contributed by atoms with van der Waals surface area (Å²) >= 11 is 0. The molecule has 0 fully saturated rings. The van der Waals surface area contributed by atoms with Crippen molar-refractivity contribution in [1.82, 2.24) is 0 Å². The number of aliphatic hydroxyl groups is 1. The van der Waals surface area contributed by atoms with Crippen LogP contribution < -0.4 is 0 Å². The molecule has 5 nitrogen and oxygen atoms in total. The fourth-order valence-corrected chi connectivity index (χ4v) is 1.24. The van der Waals surface area contributed by atoms with E-state index in [-0.39, 0.29) is 25.8 Å². The van der Waals surface area contributed by atoms with E-state index < -0.39 is 11.9 Å². The summed E-state index contributed by atoms with van der Waals surface area (Å²) < 4.78 is 9.64. The van der Waals surface area contributed by atoms with Crippen molar-refractivity contribution in [2.45, 2.75) is 39.5 Å². The summed E-state index contributed by atoms with van der Waals surface area (Å²) in [7, 11) is 0. The maximum atomic E-state index is 11.3. The third-order valence-electron chi connectivity index (χ3n) is 2.27. The van der Waals surface area contributed by atoms with Crippen molar-refractivity contribution in [1.29, 1.82) is 0 Å². The Morgan fingerprint density at radius 1 is 1.18 bits per heavy atom. The van der Waals surface area contributed by atoms with Gasteiger partial charge in [0.15, 0.2) is 0 Å². The van der Waals surface area contributed by atoms with E-state index in [1.807, 2.05) is 6.92 Å². The lowest BCUT2D eigenvalue weighted by Crippen LogP contribution is -2.27. The molecule has 0 rings (SSSR count). The fraction of sp³-hybridized carbons (Fsp3) is 0.833. The first-order valence-corrected chi connectivity index (χ1v) is 6.08. The number of esters is 2. The molecule has 0 heterocycles. The van der Waals surface area contributed by atoms with Gasteiger partial charge in [-0.2, -0.15) is 0 Å². The molecule has 0 spiro atoms. The zero-order valence-corrected chi connectivity index (χ0v) is 10.6. The van der Waals surface area contributed by atoms with Crippen molar-refractivity contribution < 1.29 is 24.2 Å². The standard InChI is InChI=1S/C12H22O5/c1-3-5-6-7-11(14)17-9-10(8-13)12(15)16-4-2/h10,13H,3-9H2,1-2H3/t10-/m1/s1. The molecule has 0 unspecified atom stereocenters. The lowest BCUT2D eigenvalue weighted by molar-refractivity contribution is -0.156. The average Bonchev–Trinajstić information content (AvgIpc) is 2.30. The second-order valence-corrected chi connectivity index (χ2v) is 3.77. The van der Waals surface area contributed by atoms with E-state index in [1.165, 1.54) is 0 Å².